The number of rotatable bonds is 5. The van der Waals surface area contributed by atoms with Gasteiger partial charge in [-0.15, -0.1) is 0 Å². The summed E-state index contributed by atoms with van der Waals surface area (Å²) in [4.78, 5) is 42.4. The molecule has 0 aromatic heterocycles. The number of carbonyl (C=O) groups is 3. The number of carbonyl (C=O) groups excluding carboxylic acids is 3. The zero-order chi connectivity index (χ0) is 20.2. The van der Waals surface area contributed by atoms with Crippen molar-refractivity contribution in [2.75, 3.05) is 44.2 Å². The summed E-state index contributed by atoms with van der Waals surface area (Å²) in [6.07, 6.45) is 6.83. The number of hydrogen-bond acceptors (Lipinski definition) is 3. The molecule has 1 saturated carbocycles. The van der Waals surface area contributed by atoms with E-state index < -0.39 is 0 Å². The number of benzene rings is 1. The van der Waals surface area contributed by atoms with Gasteiger partial charge in [0.15, 0.2) is 0 Å². The van der Waals surface area contributed by atoms with Gasteiger partial charge in [-0.25, -0.2) is 4.79 Å². The molecule has 3 fully saturated rings. The smallest absolute Gasteiger partial charge is 0.321 e. The van der Waals surface area contributed by atoms with Crippen LogP contribution in [0, 0.1) is 5.92 Å². The van der Waals surface area contributed by atoms with Crippen LogP contribution in [-0.4, -0.2) is 66.9 Å². The van der Waals surface area contributed by atoms with Crippen LogP contribution in [0.4, 0.5) is 10.5 Å². The van der Waals surface area contributed by atoms with E-state index in [9.17, 15) is 14.4 Å². The van der Waals surface area contributed by atoms with Gasteiger partial charge in [-0.2, -0.15) is 0 Å². The van der Waals surface area contributed by atoms with E-state index in [1.165, 1.54) is 25.7 Å². The first-order valence-electron chi connectivity index (χ1n) is 10.8. The van der Waals surface area contributed by atoms with E-state index in [4.69, 9.17) is 0 Å². The van der Waals surface area contributed by atoms with Gasteiger partial charge in [0.2, 0.25) is 5.91 Å². The monoisotopic (exact) mass is 398 g/mol. The number of anilines is 1. The van der Waals surface area contributed by atoms with Gasteiger partial charge in [0, 0.05) is 56.9 Å². The fourth-order valence-corrected chi connectivity index (χ4v) is 4.63. The minimum Gasteiger partial charge on any atom is -0.339 e. The summed E-state index contributed by atoms with van der Waals surface area (Å²) in [5.74, 6) is 0.953. The molecule has 1 N–H and O–H groups in total. The molecule has 2 saturated heterocycles. The van der Waals surface area contributed by atoms with Crippen molar-refractivity contribution < 1.29 is 14.4 Å². The highest BCUT2D eigenvalue weighted by atomic mass is 16.2. The Balaban J connectivity index is 1.26. The lowest BCUT2D eigenvalue weighted by atomic mass is 10.0. The number of nitrogens with zero attached hydrogens (tertiary/aromatic N) is 3. The standard InChI is InChI=1S/C22H30N4O3/c27-20(10-5-17-3-1-2-4-17)24-13-15-25(16-14-24)21(28)18-6-8-19(9-7-18)26-12-11-23-22(26)29/h6-9,17H,1-5,10-16H2,(H,23,29). The first kappa shape index (κ1) is 19.7. The Morgan fingerprint density at radius 3 is 2.21 bits per heavy atom. The summed E-state index contributed by atoms with van der Waals surface area (Å²) < 4.78 is 0. The zero-order valence-electron chi connectivity index (χ0n) is 16.9. The lowest BCUT2D eigenvalue weighted by Gasteiger charge is -2.35. The number of urea groups is 1. The highest BCUT2D eigenvalue weighted by molar-refractivity contribution is 5.97. The fourth-order valence-electron chi connectivity index (χ4n) is 4.63. The van der Waals surface area contributed by atoms with Crippen LogP contribution in [-0.2, 0) is 4.79 Å². The molecule has 1 aliphatic carbocycles. The van der Waals surface area contributed by atoms with Gasteiger partial charge in [0.25, 0.3) is 5.91 Å². The Morgan fingerprint density at radius 1 is 0.931 bits per heavy atom. The van der Waals surface area contributed by atoms with Gasteiger partial charge < -0.3 is 15.1 Å². The Morgan fingerprint density at radius 2 is 1.59 bits per heavy atom. The topological polar surface area (TPSA) is 73.0 Å². The molecule has 1 aromatic carbocycles. The van der Waals surface area contributed by atoms with Crippen LogP contribution in [0.2, 0.25) is 0 Å². The van der Waals surface area contributed by atoms with Gasteiger partial charge >= 0.3 is 6.03 Å². The molecule has 3 aliphatic rings. The molecule has 0 radical (unpaired) electrons. The highest BCUT2D eigenvalue weighted by Crippen LogP contribution is 2.28. The number of amides is 4. The van der Waals surface area contributed by atoms with E-state index in [-0.39, 0.29) is 17.8 Å². The van der Waals surface area contributed by atoms with E-state index in [0.29, 0.717) is 51.3 Å². The Hall–Kier alpha value is -2.57. The van der Waals surface area contributed by atoms with E-state index in [1.54, 1.807) is 17.0 Å². The van der Waals surface area contributed by atoms with E-state index in [0.717, 1.165) is 18.0 Å². The van der Waals surface area contributed by atoms with Crippen LogP contribution in [0.1, 0.15) is 48.9 Å². The van der Waals surface area contributed by atoms with Crippen LogP contribution in [0.25, 0.3) is 0 Å². The maximum Gasteiger partial charge on any atom is 0.321 e. The van der Waals surface area contributed by atoms with Crippen LogP contribution < -0.4 is 10.2 Å². The molecule has 29 heavy (non-hydrogen) atoms. The van der Waals surface area contributed by atoms with Crippen molar-refractivity contribution in [2.24, 2.45) is 5.92 Å². The minimum absolute atomic E-state index is 0.0134. The lowest BCUT2D eigenvalue weighted by molar-refractivity contribution is -0.133. The fraction of sp³-hybridized carbons (Fsp3) is 0.591. The molecular weight excluding hydrogens is 368 g/mol. The van der Waals surface area contributed by atoms with Crippen molar-refractivity contribution in [3.63, 3.8) is 0 Å². The second-order valence-corrected chi connectivity index (χ2v) is 8.29. The Bertz CT molecular complexity index is 750. The summed E-state index contributed by atoms with van der Waals surface area (Å²) in [6.45, 7) is 3.66. The summed E-state index contributed by atoms with van der Waals surface area (Å²) in [5, 5.41) is 2.77. The number of nitrogens with one attached hydrogen (secondary N) is 1. The van der Waals surface area contributed by atoms with Crippen molar-refractivity contribution >= 4 is 23.5 Å². The predicted molar refractivity (Wildman–Crippen MR) is 111 cm³/mol. The zero-order valence-corrected chi connectivity index (χ0v) is 16.9. The first-order valence-corrected chi connectivity index (χ1v) is 10.8. The molecule has 7 nitrogen and oxygen atoms in total. The average molecular weight is 399 g/mol. The summed E-state index contributed by atoms with van der Waals surface area (Å²) in [6, 6.07) is 7.10. The second kappa shape index (κ2) is 8.84. The molecule has 4 amide bonds. The van der Waals surface area contributed by atoms with Crippen molar-refractivity contribution in [3.8, 4) is 0 Å². The average Bonchev–Trinajstić information content (AvgIpc) is 3.43. The second-order valence-electron chi connectivity index (χ2n) is 8.29. The van der Waals surface area contributed by atoms with Crippen LogP contribution in [0.15, 0.2) is 24.3 Å². The quantitative estimate of drug-likeness (QED) is 0.828. The third-order valence-electron chi connectivity index (χ3n) is 6.44. The third-order valence-corrected chi connectivity index (χ3v) is 6.44. The van der Waals surface area contributed by atoms with Gasteiger partial charge in [0.05, 0.1) is 0 Å². The normalized spacial score (nSPS) is 20.3. The SMILES string of the molecule is O=C(CCC1CCCC1)N1CCN(C(=O)c2ccc(N3CCNC3=O)cc2)CC1. The summed E-state index contributed by atoms with van der Waals surface area (Å²) >= 11 is 0. The van der Waals surface area contributed by atoms with Crippen molar-refractivity contribution in [3.05, 3.63) is 29.8 Å². The molecule has 156 valence electrons. The molecule has 0 spiro atoms. The largest absolute Gasteiger partial charge is 0.339 e. The van der Waals surface area contributed by atoms with Gasteiger partial charge in [-0.1, -0.05) is 25.7 Å². The minimum atomic E-state index is -0.0993. The first-order chi connectivity index (χ1) is 14.1. The molecule has 0 bridgehead atoms. The van der Waals surface area contributed by atoms with Crippen LogP contribution in [0.5, 0.6) is 0 Å². The van der Waals surface area contributed by atoms with Crippen LogP contribution >= 0.6 is 0 Å². The molecule has 1 aromatic rings. The summed E-state index contributed by atoms with van der Waals surface area (Å²) in [5.41, 5.74) is 1.42. The van der Waals surface area contributed by atoms with E-state index in [2.05, 4.69) is 5.32 Å². The van der Waals surface area contributed by atoms with E-state index >= 15 is 0 Å². The lowest BCUT2D eigenvalue weighted by Crippen LogP contribution is -2.50. The number of hydrogen-bond donors (Lipinski definition) is 1. The molecule has 2 aliphatic heterocycles. The third kappa shape index (κ3) is 4.54. The molecule has 0 atom stereocenters. The molecular formula is C22H30N4O3. The summed E-state index contributed by atoms with van der Waals surface area (Å²) in [7, 11) is 0. The van der Waals surface area contributed by atoms with Crippen molar-refractivity contribution in [1.29, 1.82) is 0 Å². The maximum absolute atomic E-state index is 12.8. The molecule has 4 rings (SSSR count). The Kier molecular flexibility index (Phi) is 6.02. The van der Waals surface area contributed by atoms with Gasteiger partial charge in [-0.05, 0) is 36.6 Å². The number of piperazine rings is 1. The molecule has 2 heterocycles. The van der Waals surface area contributed by atoms with Gasteiger partial charge in [0.1, 0.15) is 0 Å². The molecule has 7 heteroatoms. The predicted octanol–water partition coefficient (Wildman–Crippen LogP) is 2.47. The van der Waals surface area contributed by atoms with Crippen LogP contribution in [0.3, 0.4) is 0 Å². The van der Waals surface area contributed by atoms with Crippen molar-refractivity contribution in [2.45, 2.75) is 38.5 Å². The van der Waals surface area contributed by atoms with Gasteiger partial charge in [-0.3, -0.25) is 14.5 Å². The van der Waals surface area contributed by atoms with Crippen molar-refractivity contribution in [1.82, 2.24) is 15.1 Å². The highest BCUT2D eigenvalue weighted by Gasteiger charge is 2.26. The molecule has 0 unspecified atom stereocenters. The van der Waals surface area contributed by atoms with E-state index in [1.807, 2.05) is 21.9 Å². The maximum atomic E-state index is 12.8. The Labute approximate surface area is 172 Å².